The van der Waals surface area contributed by atoms with Crippen LogP contribution >= 0.6 is 0 Å². The van der Waals surface area contributed by atoms with Crippen molar-refractivity contribution in [2.24, 2.45) is 0 Å². The topological polar surface area (TPSA) is 38.8 Å². The van der Waals surface area contributed by atoms with Crippen LogP contribution in [0.15, 0.2) is 23.8 Å². The van der Waals surface area contributed by atoms with Crippen molar-refractivity contribution in [3.05, 3.63) is 23.8 Å². The third-order valence-electron chi connectivity index (χ3n) is 3.50. The van der Waals surface area contributed by atoms with Gasteiger partial charge in [-0.25, -0.2) is 4.79 Å². The SMILES string of the molecule is COC1C=CC(C(C)OC(=O)N2CCCC2)=CC1. The zero-order valence-electron chi connectivity index (χ0n) is 11.1. The summed E-state index contributed by atoms with van der Waals surface area (Å²) >= 11 is 0. The minimum absolute atomic E-state index is 0.148. The number of nitrogens with zero attached hydrogens (tertiary/aromatic N) is 1. The normalized spacial score (nSPS) is 24.9. The van der Waals surface area contributed by atoms with Crippen LogP contribution < -0.4 is 0 Å². The molecule has 0 saturated carbocycles. The molecule has 18 heavy (non-hydrogen) atoms. The van der Waals surface area contributed by atoms with E-state index in [1.54, 1.807) is 12.0 Å². The number of likely N-dealkylation sites (tertiary alicyclic amines) is 1. The number of amides is 1. The van der Waals surface area contributed by atoms with Crippen molar-refractivity contribution in [2.45, 2.75) is 38.4 Å². The standard InChI is InChI=1S/C14H21NO3/c1-11(12-5-7-13(17-2)8-6-12)18-14(16)15-9-3-4-10-15/h5-7,11,13H,3-4,8-10H2,1-2H3. The van der Waals surface area contributed by atoms with Crippen molar-refractivity contribution in [3.8, 4) is 0 Å². The number of hydrogen-bond acceptors (Lipinski definition) is 3. The maximum Gasteiger partial charge on any atom is 0.410 e. The number of hydrogen-bond donors (Lipinski definition) is 0. The molecule has 0 aromatic carbocycles. The molecule has 2 atom stereocenters. The Morgan fingerprint density at radius 3 is 2.72 bits per heavy atom. The molecule has 0 spiro atoms. The van der Waals surface area contributed by atoms with Crippen LogP contribution in [0.25, 0.3) is 0 Å². The number of rotatable bonds is 3. The fourth-order valence-electron chi connectivity index (χ4n) is 2.29. The van der Waals surface area contributed by atoms with Gasteiger partial charge in [0.1, 0.15) is 6.10 Å². The van der Waals surface area contributed by atoms with Crippen molar-refractivity contribution in [1.29, 1.82) is 0 Å². The van der Waals surface area contributed by atoms with E-state index >= 15 is 0 Å². The van der Waals surface area contributed by atoms with Crippen LogP contribution in [0.4, 0.5) is 4.79 Å². The van der Waals surface area contributed by atoms with E-state index in [0.29, 0.717) is 0 Å². The Bertz CT molecular complexity index is 356. The molecule has 1 fully saturated rings. The zero-order valence-corrected chi connectivity index (χ0v) is 11.1. The molecule has 0 radical (unpaired) electrons. The second-order valence-electron chi connectivity index (χ2n) is 4.79. The molecule has 0 aromatic rings. The summed E-state index contributed by atoms with van der Waals surface area (Å²) in [7, 11) is 1.70. The van der Waals surface area contributed by atoms with Gasteiger partial charge < -0.3 is 14.4 Å². The van der Waals surface area contributed by atoms with E-state index in [4.69, 9.17) is 9.47 Å². The van der Waals surface area contributed by atoms with Crippen LogP contribution in [-0.2, 0) is 9.47 Å². The molecule has 1 aliphatic heterocycles. The Hall–Kier alpha value is -1.29. The molecule has 2 aliphatic rings. The average Bonchev–Trinajstić information content (AvgIpc) is 2.92. The van der Waals surface area contributed by atoms with E-state index in [1.807, 2.05) is 19.1 Å². The quantitative estimate of drug-likeness (QED) is 0.773. The molecule has 1 aliphatic carbocycles. The van der Waals surface area contributed by atoms with Crippen molar-refractivity contribution >= 4 is 6.09 Å². The van der Waals surface area contributed by atoms with Crippen molar-refractivity contribution in [2.75, 3.05) is 20.2 Å². The lowest BCUT2D eigenvalue weighted by Gasteiger charge is -2.22. The van der Waals surface area contributed by atoms with Crippen molar-refractivity contribution in [3.63, 3.8) is 0 Å². The van der Waals surface area contributed by atoms with Crippen LogP contribution in [0, 0.1) is 0 Å². The molecule has 1 heterocycles. The van der Waals surface area contributed by atoms with Gasteiger partial charge in [0.05, 0.1) is 6.10 Å². The molecule has 0 bridgehead atoms. The first-order valence-electron chi connectivity index (χ1n) is 6.57. The molecule has 1 saturated heterocycles. The van der Waals surface area contributed by atoms with Crippen molar-refractivity contribution < 1.29 is 14.3 Å². The summed E-state index contributed by atoms with van der Waals surface area (Å²) in [4.78, 5) is 13.6. The summed E-state index contributed by atoms with van der Waals surface area (Å²) in [6, 6.07) is 0. The predicted molar refractivity (Wildman–Crippen MR) is 69.4 cm³/mol. The predicted octanol–water partition coefficient (Wildman–Crippen LogP) is 2.51. The first kappa shape index (κ1) is 13.1. The Morgan fingerprint density at radius 2 is 2.17 bits per heavy atom. The van der Waals surface area contributed by atoms with E-state index in [-0.39, 0.29) is 18.3 Å². The molecule has 100 valence electrons. The highest BCUT2D eigenvalue weighted by molar-refractivity contribution is 5.68. The molecular formula is C14H21NO3. The minimum atomic E-state index is -0.192. The highest BCUT2D eigenvalue weighted by Gasteiger charge is 2.22. The minimum Gasteiger partial charge on any atom is -0.442 e. The van der Waals surface area contributed by atoms with Gasteiger partial charge in [-0.05, 0) is 31.8 Å². The van der Waals surface area contributed by atoms with Gasteiger partial charge in [0, 0.05) is 20.2 Å². The Morgan fingerprint density at radius 1 is 1.44 bits per heavy atom. The highest BCUT2D eigenvalue weighted by Crippen LogP contribution is 2.19. The van der Waals surface area contributed by atoms with Crippen LogP contribution in [0.1, 0.15) is 26.2 Å². The van der Waals surface area contributed by atoms with Gasteiger partial charge in [-0.15, -0.1) is 0 Å². The Kier molecular flexibility index (Phi) is 4.42. The summed E-state index contributed by atoms with van der Waals surface area (Å²) < 4.78 is 10.7. The Labute approximate surface area is 108 Å². The molecule has 1 amide bonds. The molecule has 2 unspecified atom stereocenters. The van der Waals surface area contributed by atoms with Crippen LogP contribution in [-0.4, -0.2) is 43.4 Å². The maximum absolute atomic E-state index is 11.8. The summed E-state index contributed by atoms with van der Waals surface area (Å²) in [5.41, 5.74) is 1.05. The second-order valence-corrected chi connectivity index (χ2v) is 4.79. The molecule has 4 nitrogen and oxygen atoms in total. The number of ether oxygens (including phenoxy) is 2. The van der Waals surface area contributed by atoms with Gasteiger partial charge in [-0.2, -0.15) is 0 Å². The van der Waals surface area contributed by atoms with Gasteiger partial charge in [-0.3, -0.25) is 0 Å². The first-order valence-corrected chi connectivity index (χ1v) is 6.57. The summed E-state index contributed by atoms with van der Waals surface area (Å²) in [5.74, 6) is 0. The molecular weight excluding hydrogens is 230 g/mol. The molecule has 4 heteroatoms. The third kappa shape index (κ3) is 3.13. The average molecular weight is 251 g/mol. The summed E-state index contributed by atoms with van der Waals surface area (Å²) in [5, 5.41) is 0. The maximum atomic E-state index is 11.8. The molecule has 2 rings (SSSR count). The smallest absolute Gasteiger partial charge is 0.410 e. The largest absolute Gasteiger partial charge is 0.442 e. The van der Waals surface area contributed by atoms with Crippen LogP contribution in [0.3, 0.4) is 0 Å². The zero-order chi connectivity index (χ0) is 13.0. The van der Waals surface area contributed by atoms with E-state index in [1.165, 1.54) is 0 Å². The van der Waals surface area contributed by atoms with Gasteiger partial charge in [0.25, 0.3) is 0 Å². The van der Waals surface area contributed by atoms with Gasteiger partial charge in [0.2, 0.25) is 0 Å². The lowest BCUT2D eigenvalue weighted by molar-refractivity contribution is 0.0896. The van der Waals surface area contributed by atoms with Crippen LogP contribution in [0.2, 0.25) is 0 Å². The Balaban J connectivity index is 1.84. The number of carbonyl (C=O) groups is 1. The fourth-order valence-corrected chi connectivity index (χ4v) is 2.29. The fraction of sp³-hybridized carbons (Fsp3) is 0.643. The lowest BCUT2D eigenvalue weighted by Crippen LogP contribution is -2.31. The van der Waals surface area contributed by atoms with Crippen molar-refractivity contribution in [1.82, 2.24) is 4.90 Å². The first-order chi connectivity index (χ1) is 8.70. The van der Waals surface area contributed by atoms with Crippen LogP contribution in [0.5, 0.6) is 0 Å². The van der Waals surface area contributed by atoms with E-state index in [2.05, 4.69) is 6.08 Å². The van der Waals surface area contributed by atoms with E-state index in [0.717, 1.165) is 37.9 Å². The number of methoxy groups -OCH3 is 1. The molecule has 0 aromatic heterocycles. The highest BCUT2D eigenvalue weighted by atomic mass is 16.6. The van der Waals surface area contributed by atoms with E-state index in [9.17, 15) is 4.79 Å². The number of carbonyl (C=O) groups excluding carboxylic acids is 1. The third-order valence-corrected chi connectivity index (χ3v) is 3.50. The van der Waals surface area contributed by atoms with Gasteiger partial charge in [0.15, 0.2) is 0 Å². The monoisotopic (exact) mass is 251 g/mol. The van der Waals surface area contributed by atoms with Gasteiger partial charge >= 0.3 is 6.09 Å². The van der Waals surface area contributed by atoms with Gasteiger partial charge in [-0.1, -0.05) is 18.2 Å². The summed E-state index contributed by atoms with van der Waals surface area (Å²) in [6.07, 6.45) is 8.85. The second kappa shape index (κ2) is 6.05. The van der Waals surface area contributed by atoms with E-state index < -0.39 is 0 Å². The lowest BCUT2D eigenvalue weighted by atomic mass is 10.0. The summed E-state index contributed by atoms with van der Waals surface area (Å²) in [6.45, 7) is 3.57. The molecule has 0 N–H and O–H groups in total.